The number of aromatic hydroxyl groups is 1. The van der Waals surface area contributed by atoms with Gasteiger partial charge in [-0.15, -0.1) is 0 Å². The second-order valence-electron chi connectivity index (χ2n) is 5.35. The average molecular weight is 279 g/mol. The molecule has 1 heterocycles. The third kappa shape index (κ3) is 3.87. The number of nitrogens with zero attached hydrogens (tertiary/aromatic N) is 1. The van der Waals surface area contributed by atoms with Crippen molar-refractivity contribution in [3.8, 4) is 11.5 Å². The molecular weight excluding hydrogens is 254 g/mol. The van der Waals surface area contributed by atoms with E-state index in [0.29, 0.717) is 11.7 Å². The number of rotatable bonds is 6. The Morgan fingerprint density at radius 2 is 2.10 bits per heavy atom. The third-order valence-electron chi connectivity index (χ3n) is 4.00. The average Bonchev–Trinajstić information content (AvgIpc) is 2.49. The van der Waals surface area contributed by atoms with Gasteiger partial charge < -0.3 is 14.6 Å². The number of para-hydroxylation sites is 1. The molecule has 0 atom stereocenters. The van der Waals surface area contributed by atoms with Crippen molar-refractivity contribution in [2.24, 2.45) is 5.92 Å². The highest BCUT2D eigenvalue weighted by molar-refractivity contribution is 5.45. The molecule has 112 valence electrons. The molecule has 0 aromatic heterocycles. The lowest BCUT2D eigenvalue weighted by Crippen LogP contribution is -2.32. The summed E-state index contributed by atoms with van der Waals surface area (Å²) >= 11 is 0. The monoisotopic (exact) mass is 279 g/mol. The second kappa shape index (κ2) is 7.50. The van der Waals surface area contributed by atoms with Crippen molar-refractivity contribution in [1.29, 1.82) is 0 Å². The number of benzene rings is 1. The number of hydrogen-bond acceptors (Lipinski definition) is 4. The van der Waals surface area contributed by atoms with Gasteiger partial charge in [-0.3, -0.25) is 4.90 Å². The maximum atomic E-state index is 10.2. The number of methoxy groups -OCH3 is 1. The van der Waals surface area contributed by atoms with Crippen molar-refractivity contribution >= 4 is 0 Å². The zero-order valence-corrected chi connectivity index (χ0v) is 12.5. The lowest BCUT2D eigenvalue weighted by Gasteiger charge is -2.29. The highest BCUT2D eigenvalue weighted by atomic mass is 16.5. The van der Waals surface area contributed by atoms with Crippen LogP contribution in [0.4, 0.5) is 0 Å². The standard InChI is InChI=1S/C16H25NO3/c1-3-17(11-13-7-9-20-10-8-13)12-14-5-4-6-15(19-2)16(14)18/h4-6,13,18H,3,7-12H2,1-2H3. The number of phenolic OH excluding ortho intramolecular Hbond substituents is 1. The summed E-state index contributed by atoms with van der Waals surface area (Å²) in [6.45, 7) is 6.73. The van der Waals surface area contributed by atoms with Gasteiger partial charge in [0.15, 0.2) is 11.5 Å². The van der Waals surface area contributed by atoms with Crippen LogP contribution in [0.2, 0.25) is 0 Å². The van der Waals surface area contributed by atoms with Crippen molar-refractivity contribution in [3.63, 3.8) is 0 Å². The third-order valence-corrected chi connectivity index (χ3v) is 4.00. The molecule has 1 saturated heterocycles. The maximum Gasteiger partial charge on any atom is 0.162 e. The molecule has 0 bridgehead atoms. The summed E-state index contributed by atoms with van der Waals surface area (Å²) in [5.41, 5.74) is 0.929. The molecule has 4 nitrogen and oxygen atoms in total. The number of ether oxygens (including phenoxy) is 2. The van der Waals surface area contributed by atoms with Gasteiger partial charge in [-0.25, -0.2) is 0 Å². The van der Waals surface area contributed by atoms with E-state index >= 15 is 0 Å². The minimum atomic E-state index is 0.264. The SMILES string of the molecule is CCN(Cc1cccc(OC)c1O)CC1CCOCC1. The maximum absolute atomic E-state index is 10.2. The molecular formula is C16H25NO3. The first-order valence-corrected chi connectivity index (χ1v) is 7.39. The van der Waals surface area contributed by atoms with Crippen molar-refractivity contribution in [3.05, 3.63) is 23.8 Å². The highest BCUT2D eigenvalue weighted by Crippen LogP contribution is 2.30. The lowest BCUT2D eigenvalue weighted by molar-refractivity contribution is 0.0520. The first kappa shape index (κ1) is 15.1. The summed E-state index contributed by atoms with van der Waals surface area (Å²) in [7, 11) is 1.58. The Morgan fingerprint density at radius 1 is 1.35 bits per heavy atom. The van der Waals surface area contributed by atoms with E-state index in [9.17, 15) is 5.11 Å². The van der Waals surface area contributed by atoms with E-state index in [1.807, 2.05) is 12.1 Å². The van der Waals surface area contributed by atoms with Gasteiger partial charge in [0.05, 0.1) is 7.11 Å². The summed E-state index contributed by atoms with van der Waals surface area (Å²) in [4.78, 5) is 2.38. The smallest absolute Gasteiger partial charge is 0.162 e. The van der Waals surface area contributed by atoms with E-state index in [-0.39, 0.29) is 5.75 Å². The Balaban J connectivity index is 1.98. The fourth-order valence-electron chi connectivity index (χ4n) is 2.70. The Hall–Kier alpha value is -1.26. The Bertz CT molecular complexity index is 416. The number of phenols is 1. The normalized spacial score (nSPS) is 16.6. The summed E-state index contributed by atoms with van der Waals surface area (Å²) in [5.74, 6) is 1.52. The summed E-state index contributed by atoms with van der Waals surface area (Å²) < 4.78 is 10.6. The Kier molecular flexibility index (Phi) is 5.68. The fraction of sp³-hybridized carbons (Fsp3) is 0.625. The van der Waals surface area contributed by atoms with E-state index in [2.05, 4.69) is 11.8 Å². The largest absolute Gasteiger partial charge is 0.504 e. The van der Waals surface area contributed by atoms with E-state index in [0.717, 1.165) is 51.3 Å². The molecule has 1 N–H and O–H groups in total. The van der Waals surface area contributed by atoms with Crippen LogP contribution in [0.3, 0.4) is 0 Å². The lowest BCUT2D eigenvalue weighted by atomic mass is 9.99. The van der Waals surface area contributed by atoms with Gasteiger partial charge in [-0.05, 0) is 31.4 Å². The van der Waals surface area contributed by atoms with Crippen molar-refractivity contribution in [2.75, 3.05) is 33.4 Å². The second-order valence-corrected chi connectivity index (χ2v) is 5.35. The van der Waals surface area contributed by atoms with Gasteiger partial charge in [0.2, 0.25) is 0 Å². The molecule has 0 unspecified atom stereocenters. The molecule has 0 spiro atoms. The van der Waals surface area contributed by atoms with E-state index < -0.39 is 0 Å². The molecule has 2 rings (SSSR count). The molecule has 1 aliphatic rings. The van der Waals surface area contributed by atoms with E-state index in [1.165, 1.54) is 0 Å². The van der Waals surface area contributed by atoms with Gasteiger partial charge in [0.25, 0.3) is 0 Å². The first-order valence-electron chi connectivity index (χ1n) is 7.39. The number of hydrogen-bond donors (Lipinski definition) is 1. The summed E-state index contributed by atoms with van der Waals surface area (Å²) in [6.07, 6.45) is 2.28. The Labute approximate surface area is 121 Å². The van der Waals surface area contributed by atoms with Gasteiger partial charge in [0, 0.05) is 31.9 Å². The molecule has 1 aromatic carbocycles. The van der Waals surface area contributed by atoms with Crippen LogP contribution in [0.15, 0.2) is 18.2 Å². The first-order chi connectivity index (χ1) is 9.74. The van der Waals surface area contributed by atoms with Gasteiger partial charge in [-0.1, -0.05) is 19.1 Å². The predicted octanol–water partition coefficient (Wildman–Crippen LogP) is 2.65. The summed E-state index contributed by atoms with van der Waals surface area (Å²) in [5, 5.41) is 10.2. The van der Waals surface area contributed by atoms with Gasteiger partial charge in [-0.2, -0.15) is 0 Å². The van der Waals surface area contributed by atoms with Gasteiger partial charge in [0.1, 0.15) is 0 Å². The zero-order chi connectivity index (χ0) is 14.4. The minimum Gasteiger partial charge on any atom is -0.504 e. The van der Waals surface area contributed by atoms with Crippen molar-refractivity contribution in [2.45, 2.75) is 26.3 Å². The zero-order valence-electron chi connectivity index (χ0n) is 12.5. The van der Waals surface area contributed by atoms with E-state index in [1.54, 1.807) is 13.2 Å². The molecule has 0 radical (unpaired) electrons. The molecule has 1 aliphatic heterocycles. The van der Waals surface area contributed by atoms with Crippen LogP contribution in [-0.4, -0.2) is 43.4 Å². The minimum absolute atomic E-state index is 0.264. The van der Waals surface area contributed by atoms with Crippen LogP contribution < -0.4 is 4.74 Å². The predicted molar refractivity (Wildman–Crippen MR) is 79.2 cm³/mol. The van der Waals surface area contributed by atoms with E-state index in [4.69, 9.17) is 9.47 Å². The molecule has 0 aliphatic carbocycles. The fourth-order valence-corrected chi connectivity index (χ4v) is 2.70. The van der Waals surface area contributed by atoms with Crippen LogP contribution in [0.5, 0.6) is 11.5 Å². The van der Waals surface area contributed by atoms with Crippen LogP contribution >= 0.6 is 0 Å². The molecule has 0 amide bonds. The quantitative estimate of drug-likeness (QED) is 0.869. The Morgan fingerprint density at radius 3 is 2.75 bits per heavy atom. The van der Waals surface area contributed by atoms with Gasteiger partial charge >= 0.3 is 0 Å². The van der Waals surface area contributed by atoms with Crippen LogP contribution in [0.1, 0.15) is 25.3 Å². The highest BCUT2D eigenvalue weighted by Gasteiger charge is 2.18. The molecule has 1 fully saturated rings. The molecule has 0 saturated carbocycles. The van der Waals surface area contributed by atoms with Crippen molar-refractivity contribution in [1.82, 2.24) is 4.90 Å². The molecule has 20 heavy (non-hydrogen) atoms. The van der Waals surface area contributed by atoms with Crippen molar-refractivity contribution < 1.29 is 14.6 Å². The summed E-state index contributed by atoms with van der Waals surface area (Å²) in [6, 6.07) is 5.67. The topological polar surface area (TPSA) is 41.9 Å². The van der Waals surface area contributed by atoms with Crippen LogP contribution in [-0.2, 0) is 11.3 Å². The molecule has 1 aromatic rings. The molecule has 4 heteroatoms. The van der Waals surface area contributed by atoms with Crippen LogP contribution in [0, 0.1) is 5.92 Å². The van der Waals surface area contributed by atoms with Crippen LogP contribution in [0.25, 0.3) is 0 Å².